The minimum atomic E-state index is -1.96. The number of hydrogen-bond acceptors (Lipinski definition) is 4. The van der Waals surface area contributed by atoms with Gasteiger partial charge in [-0.3, -0.25) is 4.79 Å². The Labute approximate surface area is 107 Å². The lowest BCUT2D eigenvalue weighted by atomic mass is 9.85. The first kappa shape index (κ1) is 14.7. The van der Waals surface area contributed by atoms with Gasteiger partial charge in [0.05, 0.1) is 0 Å². The van der Waals surface area contributed by atoms with Crippen LogP contribution < -0.4 is 4.74 Å². The van der Waals surface area contributed by atoms with Gasteiger partial charge in [-0.2, -0.15) is 0 Å². The summed E-state index contributed by atoms with van der Waals surface area (Å²) < 4.78 is 5.37. The van der Waals surface area contributed by atoms with E-state index >= 15 is 0 Å². The molecule has 0 radical (unpaired) electrons. The van der Waals surface area contributed by atoms with E-state index in [0.717, 1.165) is 0 Å². The predicted molar refractivity (Wildman–Crippen MR) is 68.2 cm³/mol. The van der Waals surface area contributed by atoms with E-state index in [1.54, 1.807) is 38.1 Å². The quantitative estimate of drug-likeness (QED) is 0.759. The van der Waals surface area contributed by atoms with Crippen molar-refractivity contribution in [2.24, 2.45) is 0 Å². The van der Waals surface area contributed by atoms with Crippen LogP contribution in [0.5, 0.6) is 5.75 Å². The minimum Gasteiger partial charge on any atom is -0.459 e. The summed E-state index contributed by atoms with van der Waals surface area (Å²) in [7, 11) is 0. The molecule has 1 aromatic rings. The first-order valence-electron chi connectivity index (χ1n) is 6.09. The van der Waals surface area contributed by atoms with E-state index in [9.17, 15) is 15.0 Å². The summed E-state index contributed by atoms with van der Waals surface area (Å²) in [5.41, 5.74) is -1.91. The van der Waals surface area contributed by atoms with Crippen molar-refractivity contribution in [3.63, 3.8) is 0 Å². The maximum Gasteiger partial charge on any atom is 0.241 e. The molecule has 0 bridgehead atoms. The van der Waals surface area contributed by atoms with Crippen molar-refractivity contribution in [1.82, 2.24) is 0 Å². The van der Waals surface area contributed by atoms with E-state index in [-0.39, 0.29) is 12.8 Å². The molecule has 1 rings (SSSR count). The average Bonchev–Trinajstić information content (AvgIpc) is 2.37. The molecule has 0 fully saturated rings. The molecule has 0 saturated carbocycles. The van der Waals surface area contributed by atoms with E-state index in [1.165, 1.54) is 6.92 Å². The number of ether oxygens (including phenoxy) is 1. The largest absolute Gasteiger partial charge is 0.459 e. The number of ketones is 1. The highest BCUT2D eigenvalue weighted by molar-refractivity contribution is 5.87. The second kappa shape index (κ2) is 5.50. The highest BCUT2D eigenvalue weighted by Crippen LogP contribution is 2.30. The molecule has 0 heterocycles. The van der Waals surface area contributed by atoms with Crippen LogP contribution in [-0.2, 0) is 4.79 Å². The number of hydrogen-bond donors (Lipinski definition) is 2. The molecule has 1 aromatic carbocycles. The third kappa shape index (κ3) is 2.71. The van der Waals surface area contributed by atoms with Gasteiger partial charge in [0.25, 0.3) is 0 Å². The lowest BCUT2D eigenvalue weighted by molar-refractivity contribution is -0.240. The van der Waals surface area contributed by atoms with Crippen molar-refractivity contribution >= 4 is 5.78 Å². The van der Waals surface area contributed by atoms with Gasteiger partial charge in [0.1, 0.15) is 5.75 Å². The highest BCUT2D eigenvalue weighted by Gasteiger charge is 2.51. The second-order valence-corrected chi connectivity index (χ2v) is 4.39. The zero-order chi connectivity index (χ0) is 13.8. The Morgan fingerprint density at radius 3 is 2.22 bits per heavy atom. The van der Waals surface area contributed by atoms with Crippen LogP contribution in [0, 0.1) is 0 Å². The van der Waals surface area contributed by atoms with Gasteiger partial charge < -0.3 is 14.9 Å². The number of benzene rings is 1. The molecule has 0 aliphatic carbocycles. The predicted octanol–water partition coefficient (Wildman–Crippen LogP) is 1.89. The monoisotopic (exact) mass is 252 g/mol. The lowest BCUT2D eigenvalue weighted by Gasteiger charge is -2.38. The van der Waals surface area contributed by atoms with E-state index < -0.39 is 17.2 Å². The third-order valence-electron chi connectivity index (χ3n) is 3.12. The number of Topliss-reactive ketones (excluding diaryl/α,β-unsaturated/α-hetero) is 1. The van der Waals surface area contributed by atoms with Gasteiger partial charge in [0, 0.05) is 13.3 Å². The Hall–Kier alpha value is -1.39. The molecule has 100 valence electrons. The molecule has 0 spiro atoms. The fraction of sp³-hybridized carbons (Fsp3) is 0.500. The van der Waals surface area contributed by atoms with E-state index in [2.05, 4.69) is 0 Å². The molecular formula is C14H20O4. The maximum atomic E-state index is 11.8. The second-order valence-electron chi connectivity index (χ2n) is 4.39. The molecule has 2 N–H and O–H groups in total. The van der Waals surface area contributed by atoms with Gasteiger partial charge in [-0.15, -0.1) is 0 Å². The fourth-order valence-corrected chi connectivity index (χ4v) is 1.88. The summed E-state index contributed by atoms with van der Waals surface area (Å²) in [6.45, 7) is 4.58. The fourth-order valence-electron chi connectivity index (χ4n) is 1.88. The van der Waals surface area contributed by atoms with Gasteiger partial charge >= 0.3 is 0 Å². The lowest BCUT2D eigenvalue weighted by Crippen LogP contribution is -2.60. The molecule has 0 aliphatic rings. The van der Waals surface area contributed by atoms with Crippen LogP contribution in [0.3, 0.4) is 0 Å². The molecule has 0 aliphatic heterocycles. The molecule has 0 amide bonds. The van der Waals surface area contributed by atoms with Gasteiger partial charge in [-0.25, -0.2) is 0 Å². The average molecular weight is 252 g/mol. The molecule has 0 aromatic heterocycles. The molecule has 0 unspecified atom stereocenters. The topological polar surface area (TPSA) is 66.8 Å². The zero-order valence-electron chi connectivity index (χ0n) is 11.0. The number of para-hydroxylation sites is 1. The Balaban J connectivity index is 3.00. The minimum absolute atomic E-state index is 0.0828. The SMILES string of the molecule is CCC(=O)[C@@](O)(CC)[C@@](C)(O)Oc1ccccc1. The van der Waals surface area contributed by atoms with Crippen LogP contribution >= 0.6 is 0 Å². The van der Waals surface area contributed by atoms with Crippen molar-refractivity contribution in [2.75, 3.05) is 0 Å². The standard InChI is InChI=1S/C14H20O4/c1-4-12(15)14(17,5-2)13(3,16)18-11-9-7-6-8-10-11/h6-10,16-17H,4-5H2,1-3H3/t13-,14-/m0/s1. The molecule has 0 saturated heterocycles. The molecule has 4 nitrogen and oxygen atoms in total. The summed E-state index contributed by atoms with van der Waals surface area (Å²) in [6.07, 6.45) is 0.220. The van der Waals surface area contributed by atoms with Crippen molar-refractivity contribution in [2.45, 2.75) is 45.0 Å². The first-order chi connectivity index (χ1) is 8.37. The van der Waals surface area contributed by atoms with Crippen LogP contribution in [0.4, 0.5) is 0 Å². The van der Waals surface area contributed by atoms with Crippen molar-refractivity contribution < 1.29 is 19.7 Å². The summed E-state index contributed by atoms with van der Waals surface area (Å²) in [5.74, 6) is -2.00. The number of rotatable bonds is 6. The Bertz CT molecular complexity index is 400. The van der Waals surface area contributed by atoms with Crippen molar-refractivity contribution in [1.29, 1.82) is 0 Å². The van der Waals surface area contributed by atoms with Gasteiger partial charge in [0.15, 0.2) is 11.4 Å². The van der Waals surface area contributed by atoms with Gasteiger partial charge in [-0.05, 0) is 18.6 Å². The van der Waals surface area contributed by atoms with Crippen LogP contribution in [0.1, 0.15) is 33.6 Å². The van der Waals surface area contributed by atoms with Crippen LogP contribution in [0.2, 0.25) is 0 Å². The van der Waals surface area contributed by atoms with E-state index in [0.29, 0.717) is 5.75 Å². The zero-order valence-corrected chi connectivity index (χ0v) is 11.0. The Morgan fingerprint density at radius 2 is 1.78 bits per heavy atom. The van der Waals surface area contributed by atoms with Crippen LogP contribution in [0.25, 0.3) is 0 Å². The molecular weight excluding hydrogens is 232 g/mol. The first-order valence-corrected chi connectivity index (χ1v) is 6.09. The highest BCUT2D eigenvalue weighted by atomic mass is 16.6. The Kier molecular flexibility index (Phi) is 4.48. The molecule has 2 atom stereocenters. The number of carbonyl (C=O) groups excluding carboxylic acids is 1. The molecule has 18 heavy (non-hydrogen) atoms. The van der Waals surface area contributed by atoms with Crippen LogP contribution in [-0.4, -0.2) is 27.4 Å². The summed E-state index contributed by atoms with van der Waals surface area (Å²) in [4.78, 5) is 11.8. The Morgan fingerprint density at radius 1 is 1.22 bits per heavy atom. The maximum absolute atomic E-state index is 11.8. The van der Waals surface area contributed by atoms with Crippen LogP contribution in [0.15, 0.2) is 30.3 Å². The van der Waals surface area contributed by atoms with Crippen molar-refractivity contribution in [3.8, 4) is 5.75 Å². The van der Waals surface area contributed by atoms with Gasteiger partial charge in [0.2, 0.25) is 5.79 Å². The number of carbonyl (C=O) groups is 1. The van der Waals surface area contributed by atoms with E-state index in [1.807, 2.05) is 6.07 Å². The normalized spacial score (nSPS) is 17.6. The summed E-state index contributed by atoms with van der Waals surface area (Å²) in [5, 5.41) is 20.6. The number of aliphatic hydroxyl groups is 2. The third-order valence-corrected chi connectivity index (χ3v) is 3.12. The molecule has 4 heteroatoms. The summed E-state index contributed by atoms with van der Waals surface area (Å²) in [6, 6.07) is 8.61. The van der Waals surface area contributed by atoms with E-state index in [4.69, 9.17) is 4.74 Å². The van der Waals surface area contributed by atoms with Crippen molar-refractivity contribution in [3.05, 3.63) is 30.3 Å². The smallest absolute Gasteiger partial charge is 0.241 e. The summed E-state index contributed by atoms with van der Waals surface area (Å²) >= 11 is 0. The van der Waals surface area contributed by atoms with Gasteiger partial charge in [-0.1, -0.05) is 32.0 Å².